The molecule has 1 aliphatic heterocycles. The third kappa shape index (κ3) is 1.83. The predicted molar refractivity (Wildman–Crippen MR) is 82.2 cm³/mol. The van der Waals surface area contributed by atoms with Gasteiger partial charge in [0.15, 0.2) is 0 Å². The van der Waals surface area contributed by atoms with Crippen LogP contribution in [0.3, 0.4) is 0 Å². The van der Waals surface area contributed by atoms with Crippen LogP contribution >= 0.6 is 0 Å². The fraction of sp³-hybridized carbons (Fsp3) is 0.875. The first kappa shape index (κ1) is 14.3. The minimum atomic E-state index is -1.19. The summed E-state index contributed by atoms with van der Waals surface area (Å²) in [5, 5.41) is 0. The molecule has 2 saturated carbocycles. The number of Topliss-reactive ketones (excluding diaryl/α,β-unsaturated/α-hetero) is 1. The first-order valence-corrected chi connectivity index (χ1v) is 11.8. The molecule has 2 aliphatic carbocycles. The molecule has 0 aromatic rings. The molecule has 112 valence electrons. The minimum absolute atomic E-state index is 0.0585. The Hall–Kier alpha value is -0.643. The van der Waals surface area contributed by atoms with E-state index in [2.05, 4.69) is 19.6 Å². The van der Waals surface area contributed by atoms with E-state index in [1.165, 1.54) is 6.04 Å². The summed E-state index contributed by atoms with van der Waals surface area (Å²) in [5.41, 5.74) is -0.285. The van der Waals surface area contributed by atoms with Crippen LogP contribution in [-0.4, -0.2) is 38.3 Å². The van der Waals surface area contributed by atoms with Gasteiger partial charge < -0.3 is 4.90 Å². The average molecular weight is 293 g/mol. The van der Waals surface area contributed by atoms with Gasteiger partial charge in [-0.2, -0.15) is 0 Å². The predicted octanol–water partition coefficient (Wildman–Crippen LogP) is 2.79. The number of hydrogen-bond donors (Lipinski definition) is 0. The standard InChI is InChI=1S/C16H27NO2Si/c1-17-9-7-12-11(10-20(2,3)4)14-13(18)6-5-8-16(12,14)15(17)19/h11-12,14H,5-10H2,1-4H3/t11?,12-,14+,16-/m1/s1. The van der Waals surface area contributed by atoms with Crippen molar-refractivity contribution < 1.29 is 9.59 Å². The maximum atomic E-state index is 12.8. The number of ketones is 1. The molecule has 3 aliphatic rings. The smallest absolute Gasteiger partial charge is 0.229 e. The van der Waals surface area contributed by atoms with Gasteiger partial charge in [0.2, 0.25) is 5.91 Å². The molecule has 20 heavy (non-hydrogen) atoms. The molecule has 4 atom stereocenters. The van der Waals surface area contributed by atoms with Crippen LogP contribution in [0.4, 0.5) is 0 Å². The number of carbonyl (C=O) groups is 2. The van der Waals surface area contributed by atoms with E-state index in [1.807, 2.05) is 11.9 Å². The zero-order valence-electron chi connectivity index (χ0n) is 13.2. The van der Waals surface area contributed by atoms with Crippen LogP contribution < -0.4 is 0 Å². The second-order valence-electron chi connectivity index (χ2n) is 8.39. The Labute approximate surface area is 123 Å². The molecular formula is C16H27NO2Si. The van der Waals surface area contributed by atoms with Crippen molar-refractivity contribution in [2.45, 2.75) is 51.4 Å². The van der Waals surface area contributed by atoms with Crippen molar-refractivity contribution in [2.24, 2.45) is 23.2 Å². The molecule has 3 fully saturated rings. The van der Waals surface area contributed by atoms with Gasteiger partial charge in [-0.05, 0) is 31.1 Å². The number of hydrogen-bond acceptors (Lipinski definition) is 2. The zero-order chi connectivity index (χ0) is 14.7. The van der Waals surface area contributed by atoms with Gasteiger partial charge in [0.05, 0.1) is 5.41 Å². The van der Waals surface area contributed by atoms with Crippen molar-refractivity contribution >= 4 is 19.8 Å². The average Bonchev–Trinajstić information content (AvgIpc) is 2.32. The topological polar surface area (TPSA) is 37.4 Å². The molecular weight excluding hydrogens is 266 g/mol. The fourth-order valence-corrected chi connectivity index (χ4v) is 7.25. The van der Waals surface area contributed by atoms with E-state index in [-0.39, 0.29) is 17.2 Å². The third-order valence-electron chi connectivity index (χ3n) is 5.89. The van der Waals surface area contributed by atoms with Crippen LogP contribution in [0, 0.1) is 23.2 Å². The monoisotopic (exact) mass is 293 g/mol. The lowest BCUT2D eigenvalue weighted by atomic mass is 9.40. The third-order valence-corrected chi connectivity index (χ3v) is 7.59. The van der Waals surface area contributed by atoms with Gasteiger partial charge in [0, 0.05) is 34.0 Å². The highest BCUT2D eigenvalue weighted by molar-refractivity contribution is 6.76. The molecule has 0 N–H and O–H groups in total. The fourth-order valence-electron chi connectivity index (χ4n) is 5.31. The van der Waals surface area contributed by atoms with Crippen LogP contribution in [-0.2, 0) is 9.59 Å². The van der Waals surface area contributed by atoms with Gasteiger partial charge in [0.25, 0.3) is 0 Å². The molecule has 0 radical (unpaired) electrons. The summed E-state index contributed by atoms with van der Waals surface area (Å²) in [6.45, 7) is 8.04. The molecule has 0 aromatic carbocycles. The van der Waals surface area contributed by atoms with E-state index in [9.17, 15) is 9.59 Å². The van der Waals surface area contributed by atoms with Crippen LogP contribution in [0.5, 0.6) is 0 Å². The van der Waals surface area contributed by atoms with E-state index >= 15 is 0 Å². The lowest BCUT2D eigenvalue weighted by Gasteiger charge is -2.65. The second kappa shape index (κ2) is 4.42. The van der Waals surface area contributed by atoms with Crippen molar-refractivity contribution in [3.05, 3.63) is 0 Å². The normalized spacial score (nSPS) is 41.0. The van der Waals surface area contributed by atoms with Crippen LogP contribution in [0.15, 0.2) is 0 Å². The van der Waals surface area contributed by atoms with Gasteiger partial charge in [-0.15, -0.1) is 0 Å². The first-order valence-electron chi connectivity index (χ1n) is 8.06. The summed E-state index contributed by atoms with van der Waals surface area (Å²) >= 11 is 0. The van der Waals surface area contributed by atoms with E-state index in [0.29, 0.717) is 24.0 Å². The van der Waals surface area contributed by atoms with Gasteiger partial charge >= 0.3 is 0 Å². The summed E-state index contributed by atoms with van der Waals surface area (Å²) in [6, 6.07) is 1.22. The Bertz CT molecular complexity index is 456. The summed E-state index contributed by atoms with van der Waals surface area (Å²) in [5.74, 6) is 1.72. The van der Waals surface area contributed by atoms with Gasteiger partial charge in [-0.1, -0.05) is 25.7 Å². The second-order valence-corrected chi connectivity index (χ2v) is 13.9. The Morgan fingerprint density at radius 2 is 2.00 bits per heavy atom. The zero-order valence-corrected chi connectivity index (χ0v) is 14.2. The van der Waals surface area contributed by atoms with Gasteiger partial charge in [-0.3, -0.25) is 9.59 Å². The Kier molecular flexibility index (Phi) is 3.16. The lowest BCUT2D eigenvalue weighted by Crippen LogP contribution is -2.71. The molecule has 1 saturated heterocycles. The summed E-state index contributed by atoms with van der Waals surface area (Å²) < 4.78 is 0. The Balaban J connectivity index is 1.94. The molecule has 1 unspecified atom stereocenters. The molecule has 1 heterocycles. The van der Waals surface area contributed by atoms with E-state index in [1.54, 1.807) is 0 Å². The maximum absolute atomic E-state index is 12.8. The van der Waals surface area contributed by atoms with Gasteiger partial charge in [0.1, 0.15) is 5.78 Å². The van der Waals surface area contributed by atoms with E-state index in [0.717, 1.165) is 25.8 Å². The molecule has 0 bridgehead atoms. The molecule has 1 spiro atoms. The number of carbonyl (C=O) groups excluding carboxylic acids is 2. The largest absolute Gasteiger partial charge is 0.345 e. The quantitative estimate of drug-likeness (QED) is 0.734. The van der Waals surface area contributed by atoms with Crippen molar-refractivity contribution in [3.8, 4) is 0 Å². The van der Waals surface area contributed by atoms with Crippen LogP contribution in [0.2, 0.25) is 25.7 Å². The molecule has 0 aromatic heterocycles. The van der Waals surface area contributed by atoms with E-state index in [4.69, 9.17) is 0 Å². The molecule has 4 heteroatoms. The summed E-state index contributed by atoms with van der Waals surface area (Å²) in [7, 11) is 0.720. The van der Waals surface area contributed by atoms with Crippen molar-refractivity contribution in [2.75, 3.05) is 13.6 Å². The molecule has 3 nitrogen and oxygen atoms in total. The minimum Gasteiger partial charge on any atom is -0.345 e. The summed E-state index contributed by atoms with van der Waals surface area (Å²) in [6.07, 6.45) is 3.70. The molecule has 1 amide bonds. The highest BCUT2D eigenvalue weighted by Crippen LogP contribution is 2.66. The van der Waals surface area contributed by atoms with Gasteiger partial charge in [-0.25, -0.2) is 0 Å². The first-order chi connectivity index (χ1) is 9.27. The van der Waals surface area contributed by atoms with Crippen molar-refractivity contribution in [3.63, 3.8) is 0 Å². The Morgan fingerprint density at radius 1 is 1.30 bits per heavy atom. The van der Waals surface area contributed by atoms with E-state index < -0.39 is 8.07 Å². The highest BCUT2D eigenvalue weighted by Gasteiger charge is 2.70. The number of amides is 1. The SMILES string of the molecule is CN1CC[C@@H]2C(C[Si](C)(C)C)[C@H]3C(=O)CCC[C@@]23C1=O. The highest BCUT2D eigenvalue weighted by atomic mass is 28.3. The number of likely N-dealkylation sites (tertiary alicyclic amines) is 1. The van der Waals surface area contributed by atoms with Crippen LogP contribution in [0.25, 0.3) is 0 Å². The van der Waals surface area contributed by atoms with Crippen molar-refractivity contribution in [1.82, 2.24) is 4.90 Å². The molecule has 3 rings (SSSR count). The number of nitrogens with zero attached hydrogens (tertiary/aromatic N) is 1. The Morgan fingerprint density at radius 3 is 2.65 bits per heavy atom. The maximum Gasteiger partial charge on any atom is 0.229 e. The lowest BCUT2D eigenvalue weighted by molar-refractivity contribution is -0.199. The number of piperidine rings is 1. The summed E-state index contributed by atoms with van der Waals surface area (Å²) in [4.78, 5) is 27.2. The number of rotatable bonds is 2. The van der Waals surface area contributed by atoms with Crippen LogP contribution in [0.1, 0.15) is 25.7 Å². The van der Waals surface area contributed by atoms with Crippen molar-refractivity contribution in [1.29, 1.82) is 0 Å².